The minimum atomic E-state index is -0.530. The van der Waals surface area contributed by atoms with Crippen molar-refractivity contribution in [2.75, 3.05) is 0 Å². The van der Waals surface area contributed by atoms with E-state index in [1.807, 2.05) is 39.0 Å². The Morgan fingerprint density at radius 3 is 2.57 bits per heavy atom. The summed E-state index contributed by atoms with van der Waals surface area (Å²) in [5.74, 6) is 7.14. The third-order valence-corrected chi connectivity index (χ3v) is 5.62. The molecule has 1 aromatic heterocycles. The number of benzene rings is 1. The van der Waals surface area contributed by atoms with Gasteiger partial charge in [0.2, 0.25) is 0 Å². The highest BCUT2D eigenvalue weighted by atomic mass is 16.5. The quantitative estimate of drug-likeness (QED) is 0.343. The van der Waals surface area contributed by atoms with Gasteiger partial charge in [-0.15, -0.1) is 0 Å². The molecule has 0 atom stereocenters. The van der Waals surface area contributed by atoms with Crippen molar-refractivity contribution in [2.24, 2.45) is 5.41 Å². The summed E-state index contributed by atoms with van der Waals surface area (Å²) in [5.41, 5.74) is 1.73. The van der Waals surface area contributed by atoms with Gasteiger partial charge in [-0.25, -0.2) is 4.79 Å². The third kappa shape index (κ3) is 5.16. The topological polar surface area (TPSA) is 104 Å². The monoisotopic (exact) mass is 462 g/mol. The van der Waals surface area contributed by atoms with Gasteiger partial charge in [0.05, 0.1) is 5.56 Å². The molecule has 2 heterocycles. The standard InChI is InChI=1S/C29H22N2O4/c1-29(2,3)27-15-21(23(16-30)17-31)13-25(34-27)9-8-19-10-22-11-20-12-24(32)7-5-4-6-18(20)14-26(22)35-28(19)33/h8-11,13-15H,5,7,12H2,1-3H3. The van der Waals surface area contributed by atoms with E-state index in [4.69, 9.17) is 9.15 Å². The number of hydrogen-bond donors (Lipinski definition) is 0. The molecule has 6 heteroatoms. The summed E-state index contributed by atoms with van der Waals surface area (Å²) in [4.78, 5) is 24.8. The highest BCUT2D eigenvalue weighted by molar-refractivity contribution is 5.87. The number of ketones is 1. The van der Waals surface area contributed by atoms with Gasteiger partial charge in [-0.3, -0.25) is 4.79 Å². The van der Waals surface area contributed by atoms with E-state index in [2.05, 4.69) is 11.8 Å². The fourth-order valence-electron chi connectivity index (χ4n) is 3.71. The SMILES string of the molecule is CC(C)(C)C1=CC(=C(C#N)C#N)C=C(C=Cc2cc3cc4c(cc3oc2=O)C#CCCC(=O)C4)O1. The number of carbonyl (C=O) groups is 1. The second-order valence-electron chi connectivity index (χ2n) is 9.35. The zero-order valence-corrected chi connectivity index (χ0v) is 19.7. The molecule has 0 saturated heterocycles. The van der Waals surface area contributed by atoms with E-state index < -0.39 is 5.63 Å². The first-order valence-corrected chi connectivity index (χ1v) is 11.1. The van der Waals surface area contributed by atoms with Crippen LogP contribution < -0.4 is 5.63 Å². The van der Waals surface area contributed by atoms with E-state index in [0.29, 0.717) is 58.5 Å². The highest BCUT2D eigenvalue weighted by Crippen LogP contribution is 2.34. The molecule has 0 unspecified atom stereocenters. The van der Waals surface area contributed by atoms with Crippen molar-refractivity contribution < 1.29 is 13.9 Å². The van der Waals surface area contributed by atoms with Crippen LogP contribution in [0.25, 0.3) is 17.0 Å². The number of nitriles is 2. The molecule has 1 aliphatic heterocycles. The largest absolute Gasteiger partial charge is 0.461 e. The van der Waals surface area contributed by atoms with Gasteiger partial charge in [0, 0.05) is 41.2 Å². The van der Waals surface area contributed by atoms with Gasteiger partial charge >= 0.3 is 5.63 Å². The fourth-order valence-corrected chi connectivity index (χ4v) is 3.71. The predicted octanol–water partition coefficient (Wildman–Crippen LogP) is 5.25. The summed E-state index contributed by atoms with van der Waals surface area (Å²) in [6.45, 7) is 5.87. The van der Waals surface area contributed by atoms with Crippen LogP contribution in [0.1, 0.15) is 50.3 Å². The lowest BCUT2D eigenvalue weighted by Gasteiger charge is -2.26. The zero-order chi connectivity index (χ0) is 25.2. The molecule has 1 aromatic carbocycles. The van der Waals surface area contributed by atoms with Crippen molar-refractivity contribution in [3.63, 3.8) is 0 Å². The van der Waals surface area contributed by atoms with Crippen molar-refractivity contribution in [3.05, 3.63) is 86.2 Å². The minimum Gasteiger partial charge on any atom is -0.461 e. The molecule has 1 aliphatic carbocycles. The Morgan fingerprint density at radius 1 is 1.09 bits per heavy atom. The Morgan fingerprint density at radius 2 is 1.86 bits per heavy atom. The Bertz CT molecular complexity index is 1560. The lowest BCUT2D eigenvalue weighted by molar-refractivity contribution is -0.118. The molecule has 2 aromatic rings. The second-order valence-corrected chi connectivity index (χ2v) is 9.35. The van der Waals surface area contributed by atoms with Crippen LogP contribution in [0.4, 0.5) is 0 Å². The summed E-state index contributed by atoms with van der Waals surface area (Å²) in [6.07, 6.45) is 7.69. The maximum Gasteiger partial charge on any atom is 0.343 e. The maximum absolute atomic E-state index is 12.7. The van der Waals surface area contributed by atoms with Gasteiger partial charge in [-0.1, -0.05) is 32.6 Å². The molecule has 0 radical (unpaired) electrons. The van der Waals surface area contributed by atoms with Gasteiger partial charge in [0.1, 0.15) is 40.6 Å². The first-order chi connectivity index (χ1) is 16.7. The summed E-state index contributed by atoms with van der Waals surface area (Å²) in [5, 5.41) is 19.3. The third-order valence-electron chi connectivity index (χ3n) is 5.62. The molecule has 172 valence electrons. The summed E-state index contributed by atoms with van der Waals surface area (Å²) < 4.78 is 11.5. The second kappa shape index (κ2) is 9.34. The number of nitrogens with zero attached hydrogens (tertiary/aromatic N) is 2. The average Bonchev–Trinajstić information content (AvgIpc) is 2.80. The van der Waals surface area contributed by atoms with E-state index in [0.717, 1.165) is 5.56 Å². The molecule has 2 aliphatic rings. The first kappa shape index (κ1) is 23.6. The molecule has 0 bridgehead atoms. The van der Waals surface area contributed by atoms with E-state index in [1.165, 1.54) is 0 Å². The van der Waals surface area contributed by atoms with Crippen molar-refractivity contribution in [2.45, 2.75) is 40.0 Å². The Balaban J connectivity index is 1.74. The summed E-state index contributed by atoms with van der Waals surface area (Å²) in [7, 11) is 0. The number of Topliss-reactive ketones (excluding diaryl/α,β-unsaturated/α-hetero) is 1. The number of carbonyl (C=O) groups excluding carboxylic acids is 1. The van der Waals surface area contributed by atoms with Crippen molar-refractivity contribution >= 4 is 22.8 Å². The van der Waals surface area contributed by atoms with Crippen LogP contribution in [0.2, 0.25) is 0 Å². The Hall–Kier alpha value is -4.60. The molecule has 35 heavy (non-hydrogen) atoms. The first-order valence-electron chi connectivity index (χ1n) is 11.1. The van der Waals surface area contributed by atoms with Crippen LogP contribution in [0, 0.1) is 39.9 Å². The Kier molecular flexibility index (Phi) is 6.28. The lowest BCUT2D eigenvalue weighted by atomic mass is 9.90. The van der Waals surface area contributed by atoms with Gasteiger partial charge < -0.3 is 9.15 Å². The van der Waals surface area contributed by atoms with Gasteiger partial charge in [-0.05, 0) is 48.1 Å². The molecule has 0 N–H and O–H groups in total. The Labute approximate surface area is 203 Å². The number of fused-ring (bicyclic) bond motifs is 2. The van der Waals surface area contributed by atoms with Crippen molar-refractivity contribution in [1.29, 1.82) is 10.5 Å². The summed E-state index contributed by atoms with van der Waals surface area (Å²) >= 11 is 0. The number of rotatable bonds is 2. The average molecular weight is 463 g/mol. The van der Waals surface area contributed by atoms with Gasteiger partial charge in [-0.2, -0.15) is 10.5 Å². The van der Waals surface area contributed by atoms with Gasteiger partial charge in [0.15, 0.2) is 0 Å². The fraction of sp³-hybridized carbons (Fsp3) is 0.241. The number of ether oxygens (including phenoxy) is 1. The van der Waals surface area contributed by atoms with Crippen molar-refractivity contribution in [1.82, 2.24) is 0 Å². The predicted molar refractivity (Wildman–Crippen MR) is 131 cm³/mol. The number of hydrogen-bond acceptors (Lipinski definition) is 6. The van der Waals surface area contributed by atoms with Gasteiger partial charge in [0.25, 0.3) is 0 Å². The van der Waals surface area contributed by atoms with E-state index in [1.54, 1.807) is 36.4 Å². The normalized spacial score (nSPS) is 15.5. The van der Waals surface area contributed by atoms with Crippen LogP contribution in [0.15, 0.2) is 68.3 Å². The lowest BCUT2D eigenvalue weighted by Crippen LogP contribution is -2.15. The van der Waals surface area contributed by atoms with E-state index in [-0.39, 0.29) is 16.8 Å². The highest BCUT2D eigenvalue weighted by Gasteiger charge is 2.24. The molecular weight excluding hydrogens is 440 g/mol. The summed E-state index contributed by atoms with van der Waals surface area (Å²) in [6, 6.07) is 9.06. The minimum absolute atomic E-state index is 0.0275. The van der Waals surface area contributed by atoms with Crippen LogP contribution in [-0.4, -0.2) is 5.78 Å². The molecule has 4 rings (SSSR count). The maximum atomic E-state index is 12.7. The number of allylic oxidation sites excluding steroid dienone is 6. The molecule has 0 spiro atoms. The van der Waals surface area contributed by atoms with E-state index in [9.17, 15) is 20.1 Å². The molecule has 6 nitrogen and oxygen atoms in total. The molecular formula is C29H22N2O4. The molecule has 0 fully saturated rings. The zero-order valence-electron chi connectivity index (χ0n) is 19.7. The van der Waals surface area contributed by atoms with Crippen LogP contribution in [0.5, 0.6) is 0 Å². The van der Waals surface area contributed by atoms with Crippen molar-refractivity contribution in [3.8, 4) is 24.0 Å². The van der Waals surface area contributed by atoms with Crippen LogP contribution in [-0.2, 0) is 16.0 Å². The van der Waals surface area contributed by atoms with E-state index >= 15 is 0 Å². The molecule has 0 amide bonds. The van der Waals surface area contributed by atoms with Crippen LogP contribution in [0.3, 0.4) is 0 Å². The smallest absolute Gasteiger partial charge is 0.343 e. The molecule has 0 saturated carbocycles. The van der Waals surface area contributed by atoms with Crippen LogP contribution >= 0.6 is 0 Å².